The molecule has 1 saturated heterocycles. The summed E-state index contributed by atoms with van der Waals surface area (Å²) in [6, 6.07) is 2.59. The van der Waals surface area contributed by atoms with E-state index in [2.05, 4.69) is 0 Å². The van der Waals surface area contributed by atoms with E-state index in [0.717, 1.165) is 12.1 Å². The van der Waals surface area contributed by atoms with Crippen molar-refractivity contribution in [3.05, 3.63) is 34.1 Å². The average Bonchev–Trinajstić information content (AvgIpc) is 2.87. The third-order valence-electron chi connectivity index (χ3n) is 3.34. The molecule has 7 nitrogen and oxygen atoms in total. The summed E-state index contributed by atoms with van der Waals surface area (Å²) in [4.78, 5) is 9.34. The molecule has 1 aliphatic rings. The van der Waals surface area contributed by atoms with Crippen molar-refractivity contribution >= 4 is 15.7 Å². The van der Waals surface area contributed by atoms with Gasteiger partial charge in [0.1, 0.15) is 0 Å². The molecule has 9 heteroatoms. The second-order valence-corrected chi connectivity index (χ2v) is 6.56. The lowest BCUT2D eigenvalue weighted by molar-refractivity contribution is -0.387. The lowest BCUT2D eigenvalue weighted by Gasteiger charge is -2.16. The summed E-state index contributed by atoms with van der Waals surface area (Å²) in [6.45, 7) is 1.00. The Morgan fingerprint density at radius 1 is 1.50 bits per heavy atom. The number of hydrogen-bond donors (Lipinski definition) is 1. The van der Waals surface area contributed by atoms with Crippen molar-refractivity contribution < 1.29 is 17.7 Å². The molecule has 0 aliphatic carbocycles. The molecule has 0 aromatic heterocycles. The van der Waals surface area contributed by atoms with Crippen LogP contribution >= 0.6 is 0 Å². The number of nitrogens with zero attached hydrogens (tertiary/aromatic N) is 2. The monoisotopic (exact) mass is 303 g/mol. The van der Waals surface area contributed by atoms with Gasteiger partial charge in [0, 0.05) is 25.2 Å². The second-order valence-electron chi connectivity index (χ2n) is 4.62. The van der Waals surface area contributed by atoms with Crippen LogP contribution in [-0.4, -0.2) is 37.3 Å². The van der Waals surface area contributed by atoms with Gasteiger partial charge in [0.2, 0.25) is 15.8 Å². The van der Waals surface area contributed by atoms with E-state index >= 15 is 0 Å². The van der Waals surface area contributed by atoms with E-state index in [-0.39, 0.29) is 17.4 Å². The smallest absolute Gasteiger partial charge is 0.304 e. The molecule has 0 bridgehead atoms. The summed E-state index contributed by atoms with van der Waals surface area (Å²) in [5, 5.41) is 10.5. The maximum atomic E-state index is 13.5. The molecular weight excluding hydrogens is 289 g/mol. The molecule has 1 atom stereocenters. The van der Waals surface area contributed by atoms with E-state index in [4.69, 9.17) is 5.73 Å². The number of sulfonamides is 1. The highest BCUT2D eigenvalue weighted by Gasteiger charge is 2.32. The van der Waals surface area contributed by atoms with Crippen LogP contribution in [0, 0.1) is 21.8 Å². The molecule has 0 spiro atoms. The molecule has 1 aromatic carbocycles. The van der Waals surface area contributed by atoms with Crippen molar-refractivity contribution in [2.75, 3.05) is 19.6 Å². The number of benzene rings is 1. The number of hydrogen-bond acceptors (Lipinski definition) is 5. The van der Waals surface area contributed by atoms with Gasteiger partial charge in [-0.25, -0.2) is 8.42 Å². The fourth-order valence-electron chi connectivity index (χ4n) is 2.15. The lowest BCUT2D eigenvalue weighted by Crippen LogP contribution is -2.30. The topological polar surface area (TPSA) is 107 Å². The molecule has 20 heavy (non-hydrogen) atoms. The van der Waals surface area contributed by atoms with E-state index in [1.807, 2.05) is 0 Å². The summed E-state index contributed by atoms with van der Waals surface area (Å²) >= 11 is 0. The Hall–Kier alpha value is -1.58. The van der Waals surface area contributed by atoms with Crippen molar-refractivity contribution in [2.45, 2.75) is 11.3 Å². The predicted octanol–water partition coefficient (Wildman–Crippen LogP) is 0.703. The number of nitrogens with two attached hydrogens (primary N) is 1. The molecule has 2 rings (SSSR count). The Morgan fingerprint density at radius 2 is 2.20 bits per heavy atom. The van der Waals surface area contributed by atoms with Gasteiger partial charge in [-0.2, -0.15) is 8.70 Å². The van der Waals surface area contributed by atoms with Gasteiger partial charge in [0.15, 0.2) is 0 Å². The molecule has 110 valence electrons. The van der Waals surface area contributed by atoms with E-state index in [0.29, 0.717) is 25.6 Å². The first-order valence-corrected chi connectivity index (χ1v) is 7.44. The van der Waals surface area contributed by atoms with Crippen LogP contribution in [0.5, 0.6) is 0 Å². The number of nitro groups is 1. The van der Waals surface area contributed by atoms with Crippen LogP contribution in [0.25, 0.3) is 0 Å². The third kappa shape index (κ3) is 2.65. The van der Waals surface area contributed by atoms with Crippen molar-refractivity contribution in [2.24, 2.45) is 11.7 Å². The van der Waals surface area contributed by atoms with Crippen molar-refractivity contribution in [1.29, 1.82) is 0 Å². The summed E-state index contributed by atoms with van der Waals surface area (Å²) in [5.74, 6) is -1.07. The van der Waals surface area contributed by atoms with E-state index in [1.165, 1.54) is 4.31 Å². The summed E-state index contributed by atoms with van der Waals surface area (Å²) in [7, 11) is -3.83. The minimum absolute atomic E-state index is 0.0904. The van der Waals surface area contributed by atoms with Crippen LogP contribution in [-0.2, 0) is 10.0 Å². The quantitative estimate of drug-likeness (QED) is 0.651. The highest BCUT2D eigenvalue weighted by Crippen LogP contribution is 2.26. The van der Waals surface area contributed by atoms with Gasteiger partial charge in [-0.1, -0.05) is 0 Å². The average molecular weight is 303 g/mol. The first-order chi connectivity index (χ1) is 9.36. The Balaban J connectivity index is 2.31. The number of halogens is 1. The maximum Gasteiger partial charge on any atom is 0.304 e. The SMILES string of the molecule is NCC1CCN(S(=O)(=O)c2ccc([N+](=O)[O-])c(F)c2)C1. The summed E-state index contributed by atoms with van der Waals surface area (Å²) in [5.41, 5.74) is 4.75. The minimum atomic E-state index is -3.83. The Kier molecular flexibility index (Phi) is 4.02. The van der Waals surface area contributed by atoms with Gasteiger partial charge in [0.25, 0.3) is 0 Å². The highest BCUT2D eigenvalue weighted by molar-refractivity contribution is 7.89. The Bertz CT molecular complexity index is 635. The molecule has 1 fully saturated rings. The second kappa shape index (κ2) is 5.43. The first-order valence-electron chi connectivity index (χ1n) is 6.00. The molecule has 1 heterocycles. The highest BCUT2D eigenvalue weighted by atomic mass is 32.2. The molecule has 1 unspecified atom stereocenters. The zero-order valence-corrected chi connectivity index (χ0v) is 11.3. The maximum absolute atomic E-state index is 13.5. The normalized spacial score (nSPS) is 20.2. The summed E-state index contributed by atoms with van der Waals surface area (Å²) < 4.78 is 39.3. The van der Waals surface area contributed by atoms with Gasteiger partial charge in [-0.3, -0.25) is 10.1 Å². The Labute approximate surface area is 115 Å². The third-order valence-corrected chi connectivity index (χ3v) is 5.20. The molecule has 0 radical (unpaired) electrons. The van der Waals surface area contributed by atoms with Crippen LogP contribution < -0.4 is 5.73 Å². The van der Waals surface area contributed by atoms with Crippen LogP contribution in [0.2, 0.25) is 0 Å². The van der Waals surface area contributed by atoms with Crippen molar-refractivity contribution in [1.82, 2.24) is 4.31 Å². The van der Waals surface area contributed by atoms with Crippen molar-refractivity contribution in [3.8, 4) is 0 Å². The minimum Gasteiger partial charge on any atom is -0.330 e. The molecule has 0 amide bonds. The fraction of sp³-hybridized carbons (Fsp3) is 0.455. The van der Waals surface area contributed by atoms with Crippen LogP contribution in [0.3, 0.4) is 0 Å². The standard InChI is InChI=1S/C11H14FN3O4S/c12-10-5-9(1-2-11(10)15(16)17)20(18,19)14-4-3-8(6-13)7-14/h1-2,5,8H,3-4,6-7,13H2. The zero-order valence-electron chi connectivity index (χ0n) is 10.5. The summed E-state index contributed by atoms with van der Waals surface area (Å²) in [6.07, 6.45) is 0.658. The largest absolute Gasteiger partial charge is 0.330 e. The number of nitro benzene ring substituents is 1. The van der Waals surface area contributed by atoms with Gasteiger partial charge >= 0.3 is 5.69 Å². The van der Waals surface area contributed by atoms with Crippen molar-refractivity contribution in [3.63, 3.8) is 0 Å². The van der Waals surface area contributed by atoms with Gasteiger partial charge in [-0.15, -0.1) is 0 Å². The molecule has 0 saturated carbocycles. The van der Waals surface area contributed by atoms with Gasteiger partial charge in [-0.05, 0) is 24.9 Å². The first kappa shape index (κ1) is 14.8. The predicted molar refractivity (Wildman–Crippen MR) is 69.0 cm³/mol. The lowest BCUT2D eigenvalue weighted by atomic mass is 10.1. The van der Waals surface area contributed by atoms with Gasteiger partial charge in [0.05, 0.1) is 9.82 Å². The van der Waals surface area contributed by atoms with E-state index < -0.39 is 26.5 Å². The molecule has 1 aromatic rings. The van der Waals surface area contributed by atoms with Crippen LogP contribution in [0.4, 0.5) is 10.1 Å². The zero-order chi connectivity index (χ0) is 14.9. The van der Waals surface area contributed by atoms with Crippen LogP contribution in [0.1, 0.15) is 6.42 Å². The fourth-order valence-corrected chi connectivity index (χ4v) is 3.70. The molecule has 1 aliphatic heterocycles. The van der Waals surface area contributed by atoms with Crippen LogP contribution in [0.15, 0.2) is 23.1 Å². The molecule has 2 N–H and O–H groups in total. The Morgan fingerprint density at radius 3 is 2.70 bits per heavy atom. The van der Waals surface area contributed by atoms with E-state index in [1.54, 1.807) is 0 Å². The number of rotatable bonds is 4. The van der Waals surface area contributed by atoms with Gasteiger partial charge < -0.3 is 5.73 Å². The molecular formula is C11H14FN3O4S. The van der Waals surface area contributed by atoms with E-state index in [9.17, 15) is 22.9 Å².